The Balaban J connectivity index is 1.83. The zero-order valence-corrected chi connectivity index (χ0v) is 17.9. The molecule has 158 valence electrons. The summed E-state index contributed by atoms with van der Waals surface area (Å²) in [5, 5.41) is 2.90. The van der Waals surface area contributed by atoms with Crippen LogP contribution in [0.15, 0.2) is 54.6 Å². The second kappa shape index (κ2) is 10.6. The lowest BCUT2D eigenvalue weighted by Gasteiger charge is -2.31. The van der Waals surface area contributed by atoms with E-state index < -0.39 is 0 Å². The first kappa shape index (κ1) is 21.6. The van der Waals surface area contributed by atoms with E-state index in [1.165, 1.54) is 12.5 Å². The molecule has 1 aliphatic rings. The van der Waals surface area contributed by atoms with Crippen molar-refractivity contribution >= 4 is 29.3 Å². The van der Waals surface area contributed by atoms with Crippen LogP contribution < -0.4 is 10.2 Å². The van der Waals surface area contributed by atoms with Gasteiger partial charge in [-0.3, -0.25) is 9.59 Å². The second-order valence-corrected chi connectivity index (χ2v) is 7.49. The smallest absolute Gasteiger partial charge is 0.256 e. The van der Waals surface area contributed by atoms with Crippen LogP contribution in [-0.4, -0.2) is 42.9 Å². The van der Waals surface area contributed by atoms with E-state index in [0.717, 1.165) is 37.2 Å². The van der Waals surface area contributed by atoms with E-state index in [0.29, 0.717) is 24.3 Å². The fourth-order valence-electron chi connectivity index (χ4n) is 3.80. The summed E-state index contributed by atoms with van der Waals surface area (Å²) in [6.07, 6.45) is 6.81. The zero-order valence-electron chi connectivity index (χ0n) is 17.9. The molecule has 0 bridgehead atoms. The van der Waals surface area contributed by atoms with Gasteiger partial charge in [0.15, 0.2) is 0 Å². The van der Waals surface area contributed by atoms with Crippen LogP contribution in [0.5, 0.6) is 0 Å². The minimum atomic E-state index is -0.217. The molecular formula is C25H31N3O2. The predicted octanol–water partition coefficient (Wildman–Crippen LogP) is 4.81. The van der Waals surface area contributed by atoms with Crippen LogP contribution in [-0.2, 0) is 4.79 Å². The summed E-state index contributed by atoms with van der Waals surface area (Å²) in [5.41, 5.74) is 3.22. The number of nitrogens with zero attached hydrogens (tertiary/aromatic N) is 2. The SMILES string of the molecule is CCN(CC)C(=O)c1cc(NC(=O)/C=C/c2ccccc2)ccc1N1CCCCC1. The molecule has 0 aliphatic carbocycles. The summed E-state index contributed by atoms with van der Waals surface area (Å²) in [6.45, 7) is 7.22. The number of carbonyl (C=O) groups is 2. The maximum absolute atomic E-state index is 13.2. The third-order valence-electron chi connectivity index (χ3n) is 5.47. The van der Waals surface area contributed by atoms with Gasteiger partial charge in [-0.25, -0.2) is 0 Å². The van der Waals surface area contributed by atoms with Crippen molar-refractivity contribution in [2.45, 2.75) is 33.1 Å². The number of anilines is 2. The van der Waals surface area contributed by atoms with Crippen LogP contribution in [0.4, 0.5) is 11.4 Å². The van der Waals surface area contributed by atoms with E-state index in [4.69, 9.17) is 0 Å². The highest BCUT2D eigenvalue weighted by atomic mass is 16.2. The molecule has 2 aromatic rings. The lowest BCUT2D eigenvalue weighted by molar-refractivity contribution is -0.111. The molecule has 5 heteroatoms. The molecule has 1 saturated heterocycles. The minimum Gasteiger partial charge on any atom is -0.371 e. The molecule has 0 saturated carbocycles. The summed E-state index contributed by atoms with van der Waals surface area (Å²) in [6, 6.07) is 15.4. The van der Waals surface area contributed by atoms with Crippen molar-refractivity contribution < 1.29 is 9.59 Å². The molecule has 2 aromatic carbocycles. The summed E-state index contributed by atoms with van der Waals surface area (Å²) in [5.74, 6) is -0.206. The van der Waals surface area contributed by atoms with Gasteiger partial charge in [-0.2, -0.15) is 0 Å². The van der Waals surface area contributed by atoms with Crippen LogP contribution in [0.1, 0.15) is 49.0 Å². The lowest BCUT2D eigenvalue weighted by Crippen LogP contribution is -2.35. The number of piperidine rings is 1. The van der Waals surface area contributed by atoms with Crippen molar-refractivity contribution in [3.05, 3.63) is 65.7 Å². The molecule has 2 amide bonds. The monoisotopic (exact) mass is 405 g/mol. The Labute approximate surface area is 179 Å². The number of nitrogens with one attached hydrogen (secondary N) is 1. The van der Waals surface area contributed by atoms with E-state index in [2.05, 4.69) is 10.2 Å². The molecule has 3 rings (SSSR count). The van der Waals surface area contributed by atoms with Crippen LogP contribution in [0.25, 0.3) is 6.08 Å². The Bertz CT molecular complexity index is 883. The first-order valence-corrected chi connectivity index (χ1v) is 10.8. The largest absolute Gasteiger partial charge is 0.371 e. The van der Waals surface area contributed by atoms with Gasteiger partial charge in [0.2, 0.25) is 5.91 Å². The van der Waals surface area contributed by atoms with Gasteiger partial charge in [-0.1, -0.05) is 30.3 Å². The summed E-state index contributed by atoms with van der Waals surface area (Å²) < 4.78 is 0. The molecule has 0 atom stereocenters. The lowest BCUT2D eigenvalue weighted by atomic mass is 10.0. The fourth-order valence-corrected chi connectivity index (χ4v) is 3.80. The highest BCUT2D eigenvalue weighted by Crippen LogP contribution is 2.28. The van der Waals surface area contributed by atoms with Gasteiger partial charge in [0.05, 0.1) is 5.56 Å². The molecular weight excluding hydrogens is 374 g/mol. The van der Waals surface area contributed by atoms with Crippen LogP contribution >= 0.6 is 0 Å². The van der Waals surface area contributed by atoms with Gasteiger partial charge in [0.1, 0.15) is 0 Å². The van der Waals surface area contributed by atoms with Gasteiger partial charge in [-0.05, 0) is 62.9 Å². The Morgan fingerprint density at radius 3 is 2.37 bits per heavy atom. The van der Waals surface area contributed by atoms with E-state index in [1.54, 1.807) is 6.08 Å². The summed E-state index contributed by atoms with van der Waals surface area (Å²) >= 11 is 0. The standard InChI is InChI=1S/C25H31N3O2/c1-3-27(4-2)25(30)22-19-21(14-15-23(22)28-17-9-6-10-18-28)26-24(29)16-13-20-11-7-5-8-12-20/h5,7-8,11-16,19H,3-4,6,9-10,17-18H2,1-2H3,(H,26,29)/b16-13+. The van der Waals surface area contributed by atoms with Gasteiger partial charge >= 0.3 is 0 Å². The number of hydrogen-bond donors (Lipinski definition) is 1. The summed E-state index contributed by atoms with van der Waals surface area (Å²) in [4.78, 5) is 29.7. The number of carbonyl (C=O) groups excluding carboxylic acids is 2. The first-order chi connectivity index (χ1) is 14.6. The molecule has 1 N–H and O–H groups in total. The van der Waals surface area contributed by atoms with E-state index in [1.807, 2.05) is 67.3 Å². The minimum absolute atomic E-state index is 0.0106. The quantitative estimate of drug-likeness (QED) is 0.673. The van der Waals surface area contributed by atoms with Gasteiger partial charge in [-0.15, -0.1) is 0 Å². The zero-order chi connectivity index (χ0) is 21.3. The third-order valence-corrected chi connectivity index (χ3v) is 5.47. The maximum atomic E-state index is 13.2. The second-order valence-electron chi connectivity index (χ2n) is 7.49. The third kappa shape index (κ3) is 5.50. The number of rotatable bonds is 7. The molecule has 0 unspecified atom stereocenters. The highest BCUT2D eigenvalue weighted by molar-refractivity contribution is 6.05. The van der Waals surface area contributed by atoms with Gasteiger partial charge < -0.3 is 15.1 Å². The Kier molecular flexibility index (Phi) is 7.66. The van der Waals surface area contributed by atoms with Crippen LogP contribution in [0.3, 0.4) is 0 Å². The Hall–Kier alpha value is -3.08. The molecule has 1 heterocycles. The van der Waals surface area contributed by atoms with Gasteiger partial charge in [0, 0.05) is 43.6 Å². The molecule has 0 radical (unpaired) electrons. The molecule has 30 heavy (non-hydrogen) atoms. The highest BCUT2D eigenvalue weighted by Gasteiger charge is 2.22. The summed E-state index contributed by atoms with van der Waals surface area (Å²) in [7, 11) is 0. The van der Waals surface area contributed by atoms with Crippen molar-refractivity contribution in [2.24, 2.45) is 0 Å². The van der Waals surface area contributed by atoms with E-state index in [-0.39, 0.29) is 11.8 Å². The van der Waals surface area contributed by atoms with E-state index >= 15 is 0 Å². The molecule has 0 spiro atoms. The van der Waals surface area contributed by atoms with Crippen LogP contribution in [0.2, 0.25) is 0 Å². The molecule has 1 aliphatic heterocycles. The molecule has 5 nitrogen and oxygen atoms in total. The average Bonchev–Trinajstić information content (AvgIpc) is 2.79. The van der Waals surface area contributed by atoms with Crippen molar-refractivity contribution in [3.8, 4) is 0 Å². The van der Waals surface area contributed by atoms with Crippen molar-refractivity contribution in [1.82, 2.24) is 4.90 Å². The van der Waals surface area contributed by atoms with Crippen LogP contribution in [0, 0.1) is 0 Å². The van der Waals surface area contributed by atoms with Crippen molar-refractivity contribution in [3.63, 3.8) is 0 Å². The molecule has 0 aromatic heterocycles. The van der Waals surface area contributed by atoms with Crippen molar-refractivity contribution in [1.29, 1.82) is 0 Å². The number of benzene rings is 2. The Morgan fingerprint density at radius 2 is 1.70 bits per heavy atom. The normalized spacial score (nSPS) is 14.0. The number of amides is 2. The number of hydrogen-bond acceptors (Lipinski definition) is 3. The Morgan fingerprint density at radius 1 is 1.00 bits per heavy atom. The predicted molar refractivity (Wildman–Crippen MR) is 124 cm³/mol. The molecule has 1 fully saturated rings. The van der Waals surface area contributed by atoms with Gasteiger partial charge in [0.25, 0.3) is 5.91 Å². The topological polar surface area (TPSA) is 52.7 Å². The van der Waals surface area contributed by atoms with E-state index in [9.17, 15) is 9.59 Å². The first-order valence-electron chi connectivity index (χ1n) is 10.8. The maximum Gasteiger partial charge on any atom is 0.256 e. The average molecular weight is 406 g/mol. The fraction of sp³-hybridized carbons (Fsp3) is 0.360. The van der Waals surface area contributed by atoms with Crippen molar-refractivity contribution in [2.75, 3.05) is 36.4 Å².